The lowest BCUT2D eigenvalue weighted by molar-refractivity contribution is 0.787. The van der Waals surface area contributed by atoms with Gasteiger partial charge in [-0.1, -0.05) is 44.1 Å². The van der Waals surface area contributed by atoms with Crippen LogP contribution in [0.15, 0.2) is 23.8 Å². The van der Waals surface area contributed by atoms with Crippen LogP contribution < -0.4 is 0 Å². The second-order valence-electron chi connectivity index (χ2n) is 2.95. The zero-order valence-corrected chi connectivity index (χ0v) is 8.06. The highest BCUT2D eigenvalue weighted by molar-refractivity contribution is 5.09. The van der Waals surface area contributed by atoms with Gasteiger partial charge in [0.2, 0.25) is 0 Å². The number of unbranched alkanes of at least 4 members (excludes halogenated alkanes) is 1. The summed E-state index contributed by atoms with van der Waals surface area (Å²) in [5.41, 5.74) is 1.50. The first-order valence-electron chi connectivity index (χ1n) is 4.63. The molecule has 0 bridgehead atoms. The summed E-state index contributed by atoms with van der Waals surface area (Å²) >= 11 is 0. The molecule has 0 aliphatic heterocycles. The number of hydrogen-bond donors (Lipinski definition) is 0. The SMILES string of the molecule is CC/C=C\C=C(/C)CCCC. The van der Waals surface area contributed by atoms with E-state index in [9.17, 15) is 0 Å². The normalized spacial score (nSPS) is 12.8. The molecule has 0 radical (unpaired) electrons. The molecule has 0 aromatic rings. The van der Waals surface area contributed by atoms with E-state index < -0.39 is 0 Å². The second-order valence-corrected chi connectivity index (χ2v) is 2.95. The van der Waals surface area contributed by atoms with Gasteiger partial charge in [-0.05, 0) is 26.2 Å². The van der Waals surface area contributed by atoms with Crippen molar-refractivity contribution in [3.63, 3.8) is 0 Å². The van der Waals surface area contributed by atoms with Crippen LogP contribution in [0.4, 0.5) is 0 Å². The molecule has 0 N–H and O–H groups in total. The van der Waals surface area contributed by atoms with Crippen LogP contribution >= 0.6 is 0 Å². The Bertz CT molecular complexity index is 129. The van der Waals surface area contributed by atoms with Crippen LogP contribution in [0, 0.1) is 0 Å². The summed E-state index contributed by atoms with van der Waals surface area (Å²) in [5, 5.41) is 0. The molecule has 0 aliphatic rings. The molecule has 0 heteroatoms. The topological polar surface area (TPSA) is 0 Å². The van der Waals surface area contributed by atoms with E-state index in [2.05, 4.69) is 39.0 Å². The molecule has 0 unspecified atom stereocenters. The lowest BCUT2D eigenvalue weighted by Crippen LogP contribution is -1.75. The summed E-state index contributed by atoms with van der Waals surface area (Å²) in [6, 6.07) is 0. The Kier molecular flexibility index (Phi) is 7.23. The molecule has 0 aromatic carbocycles. The minimum Gasteiger partial charge on any atom is -0.0848 e. The van der Waals surface area contributed by atoms with Crippen molar-refractivity contribution in [3.8, 4) is 0 Å². The van der Waals surface area contributed by atoms with Gasteiger partial charge in [-0.15, -0.1) is 0 Å². The van der Waals surface area contributed by atoms with Crippen molar-refractivity contribution in [3.05, 3.63) is 23.8 Å². The molecule has 0 saturated carbocycles. The van der Waals surface area contributed by atoms with Gasteiger partial charge in [-0.25, -0.2) is 0 Å². The molecule has 0 aromatic heterocycles. The van der Waals surface area contributed by atoms with E-state index in [0.29, 0.717) is 0 Å². The van der Waals surface area contributed by atoms with Gasteiger partial charge in [0.15, 0.2) is 0 Å². The standard InChI is InChI=1S/C11H20/c1-4-6-8-10-11(3)9-7-5-2/h6,8,10H,4-5,7,9H2,1-3H3/b8-6-,11-10+. The number of rotatable bonds is 5. The molecule has 64 valence electrons. The Morgan fingerprint density at radius 1 is 1.27 bits per heavy atom. The Balaban J connectivity index is 3.53. The maximum Gasteiger partial charge on any atom is -0.0320 e. The highest BCUT2D eigenvalue weighted by Crippen LogP contribution is 2.05. The molecule has 0 fully saturated rings. The first kappa shape index (κ1) is 10.5. The average molecular weight is 152 g/mol. The summed E-state index contributed by atoms with van der Waals surface area (Å²) in [7, 11) is 0. The Labute approximate surface area is 71.0 Å². The van der Waals surface area contributed by atoms with Gasteiger partial charge in [-0.3, -0.25) is 0 Å². The van der Waals surface area contributed by atoms with E-state index in [-0.39, 0.29) is 0 Å². The van der Waals surface area contributed by atoms with E-state index in [0.717, 1.165) is 6.42 Å². The predicted octanol–water partition coefficient (Wildman–Crippen LogP) is 4.09. The van der Waals surface area contributed by atoms with Crippen LogP contribution in [0.2, 0.25) is 0 Å². The van der Waals surface area contributed by atoms with Gasteiger partial charge in [0, 0.05) is 0 Å². The summed E-state index contributed by atoms with van der Waals surface area (Å²) in [6.45, 7) is 6.59. The molecule has 0 spiro atoms. The molecule has 0 saturated heterocycles. The van der Waals surface area contributed by atoms with Crippen molar-refractivity contribution in [2.45, 2.75) is 46.5 Å². The van der Waals surface area contributed by atoms with E-state index in [1.807, 2.05) is 0 Å². The minimum absolute atomic E-state index is 1.14. The third kappa shape index (κ3) is 7.38. The monoisotopic (exact) mass is 152 g/mol. The molecule has 0 nitrogen and oxygen atoms in total. The largest absolute Gasteiger partial charge is 0.0848 e. The third-order valence-electron chi connectivity index (χ3n) is 1.68. The molecule has 0 atom stereocenters. The second kappa shape index (κ2) is 7.59. The van der Waals surface area contributed by atoms with Crippen LogP contribution in [0.3, 0.4) is 0 Å². The van der Waals surface area contributed by atoms with E-state index in [4.69, 9.17) is 0 Å². The Hall–Kier alpha value is -0.520. The van der Waals surface area contributed by atoms with Crippen LogP contribution in [0.25, 0.3) is 0 Å². The van der Waals surface area contributed by atoms with Crippen LogP contribution in [0.1, 0.15) is 46.5 Å². The van der Waals surface area contributed by atoms with Gasteiger partial charge < -0.3 is 0 Å². The van der Waals surface area contributed by atoms with E-state index in [1.165, 1.54) is 24.8 Å². The smallest absolute Gasteiger partial charge is 0.0320 e. The Morgan fingerprint density at radius 3 is 2.55 bits per heavy atom. The summed E-state index contributed by atoms with van der Waals surface area (Å²) in [4.78, 5) is 0. The fourth-order valence-electron chi connectivity index (χ4n) is 0.907. The van der Waals surface area contributed by atoms with Gasteiger partial charge in [0.05, 0.1) is 0 Å². The molecular formula is C11H20. The highest BCUT2D eigenvalue weighted by Gasteiger charge is 1.85. The van der Waals surface area contributed by atoms with E-state index in [1.54, 1.807) is 0 Å². The summed E-state index contributed by atoms with van der Waals surface area (Å²) in [5.74, 6) is 0. The van der Waals surface area contributed by atoms with Gasteiger partial charge >= 0.3 is 0 Å². The maximum absolute atomic E-state index is 2.23. The minimum atomic E-state index is 1.14. The van der Waals surface area contributed by atoms with Crippen molar-refractivity contribution in [1.29, 1.82) is 0 Å². The van der Waals surface area contributed by atoms with E-state index >= 15 is 0 Å². The van der Waals surface area contributed by atoms with Crippen molar-refractivity contribution < 1.29 is 0 Å². The number of allylic oxidation sites excluding steroid dienone is 4. The quantitative estimate of drug-likeness (QED) is 0.520. The average Bonchev–Trinajstić information content (AvgIpc) is 2.01. The fourth-order valence-corrected chi connectivity index (χ4v) is 0.907. The molecule has 0 rings (SSSR count). The lowest BCUT2D eigenvalue weighted by atomic mass is 10.1. The predicted molar refractivity (Wildman–Crippen MR) is 52.7 cm³/mol. The molecular weight excluding hydrogens is 132 g/mol. The summed E-state index contributed by atoms with van der Waals surface area (Å²) in [6.07, 6.45) is 11.6. The third-order valence-corrected chi connectivity index (χ3v) is 1.68. The molecule has 0 heterocycles. The molecule has 0 amide bonds. The first-order chi connectivity index (χ1) is 5.31. The number of hydrogen-bond acceptors (Lipinski definition) is 0. The molecule has 11 heavy (non-hydrogen) atoms. The van der Waals surface area contributed by atoms with Gasteiger partial charge in [-0.2, -0.15) is 0 Å². The first-order valence-corrected chi connectivity index (χ1v) is 4.63. The fraction of sp³-hybridized carbons (Fsp3) is 0.636. The van der Waals surface area contributed by atoms with Crippen LogP contribution in [-0.2, 0) is 0 Å². The van der Waals surface area contributed by atoms with Gasteiger partial charge in [0.25, 0.3) is 0 Å². The van der Waals surface area contributed by atoms with Crippen molar-refractivity contribution in [2.24, 2.45) is 0 Å². The van der Waals surface area contributed by atoms with Crippen LogP contribution in [0.5, 0.6) is 0 Å². The highest BCUT2D eigenvalue weighted by atomic mass is 13.9. The van der Waals surface area contributed by atoms with Crippen molar-refractivity contribution >= 4 is 0 Å². The lowest BCUT2D eigenvalue weighted by Gasteiger charge is -1.95. The Morgan fingerprint density at radius 2 is 2.00 bits per heavy atom. The summed E-state index contributed by atoms with van der Waals surface area (Å²) < 4.78 is 0. The zero-order valence-electron chi connectivity index (χ0n) is 8.06. The maximum atomic E-state index is 2.23. The zero-order chi connectivity index (χ0) is 8.53. The van der Waals surface area contributed by atoms with Crippen molar-refractivity contribution in [1.82, 2.24) is 0 Å². The molecule has 0 aliphatic carbocycles. The van der Waals surface area contributed by atoms with Gasteiger partial charge in [0.1, 0.15) is 0 Å². The van der Waals surface area contributed by atoms with Crippen LogP contribution in [-0.4, -0.2) is 0 Å². The van der Waals surface area contributed by atoms with Crippen molar-refractivity contribution in [2.75, 3.05) is 0 Å².